The average molecular weight is 421 g/mol. The van der Waals surface area contributed by atoms with Crippen molar-refractivity contribution in [1.29, 1.82) is 5.26 Å². The minimum Gasteiger partial charge on any atom is -0.497 e. The predicted octanol–water partition coefficient (Wildman–Crippen LogP) is 3.47. The molecule has 1 amide bonds. The Hall–Kier alpha value is -3.53. The summed E-state index contributed by atoms with van der Waals surface area (Å²) >= 11 is 0. The van der Waals surface area contributed by atoms with Gasteiger partial charge in [-0.25, -0.2) is 4.79 Å². The van der Waals surface area contributed by atoms with Crippen LogP contribution < -0.4 is 10.1 Å². The number of benzene rings is 1. The number of nitrogens with one attached hydrogen (secondary N) is 1. The first-order valence-corrected chi connectivity index (χ1v) is 10.3. The highest BCUT2D eigenvalue weighted by molar-refractivity contribution is 5.99. The van der Waals surface area contributed by atoms with Gasteiger partial charge in [-0.05, 0) is 81.5 Å². The summed E-state index contributed by atoms with van der Waals surface area (Å²) in [6.45, 7) is 5.40. The van der Waals surface area contributed by atoms with E-state index in [1.54, 1.807) is 7.11 Å². The highest BCUT2D eigenvalue weighted by Gasteiger charge is 2.29. The van der Waals surface area contributed by atoms with E-state index in [2.05, 4.69) is 5.32 Å². The lowest BCUT2D eigenvalue weighted by atomic mass is 10.1. The molecule has 0 spiro atoms. The zero-order chi connectivity index (χ0) is 22.5. The standard InChI is InChI=1S/C24H27N3O4/c1-15-11-19(17(3)27(15)21-7-9-22(30-4)10-8-21)12-20(13-25)24(29)31-14-23(28)26-16(2)18-5-6-18/h7-12,16,18H,5-6,14H2,1-4H3,(H,26,28)/b20-12+/t16-/m1/s1. The van der Waals surface area contributed by atoms with Gasteiger partial charge >= 0.3 is 5.97 Å². The normalized spacial score (nSPS) is 14.5. The topological polar surface area (TPSA) is 93.3 Å². The first-order chi connectivity index (χ1) is 14.8. The Morgan fingerprint density at radius 3 is 2.55 bits per heavy atom. The Morgan fingerprint density at radius 2 is 1.97 bits per heavy atom. The number of hydrogen-bond acceptors (Lipinski definition) is 5. The van der Waals surface area contributed by atoms with Gasteiger partial charge in [0.2, 0.25) is 0 Å². The van der Waals surface area contributed by atoms with Gasteiger partial charge in [0, 0.05) is 23.1 Å². The summed E-state index contributed by atoms with van der Waals surface area (Å²) in [4.78, 5) is 24.3. The average Bonchev–Trinajstić information content (AvgIpc) is 3.57. The van der Waals surface area contributed by atoms with Gasteiger partial charge in [-0.3, -0.25) is 4.79 Å². The lowest BCUT2D eigenvalue weighted by molar-refractivity contribution is -0.144. The van der Waals surface area contributed by atoms with Crippen molar-refractivity contribution in [1.82, 2.24) is 9.88 Å². The molecule has 0 unspecified atom stereocenters. The number of aryl methyl sites for hydroxylation is 1. The van der Waals surface area contributed by atoms with E-state index in [9.17, 15) is 14.9 Å². The Labute approximate surface area is 182 Å². The van der Waals surface area contributed by atoms with Crippen molar-refractivity contribution in [2.45, 2.75) is 39.7 Å². The van der Waals surface area contributed by atoms with Crippen LogP contribution in [0.4, 0.5) is 0 Å². The maximum atomic E-state index is 12.3. The number of carbonyl (C=O) groups is 2. The highest BCUT2D eigenvalue weighted by Crippen LogP contribution is 2.32. The van der Waals surface area contributed by atoms with Crippen molar-refractivity contribution in [2.75, 3.05) is 13.7 Å². The summed E-state index contributed by atoms with van der Waals surface area (Å²) in [5, 5.41) is 12.3. The molecule has 1 atom stereocenters. The summed E-state index contributed by atoms with van der Waals surface area (Å²) in [7, 11) is 1.61. The van der Waals surface area contributed by atoms with Crippen molar-refractivity contribution in [2.24, 2.45) is 5.92 Å². The molecule has 162 valence electrons. The second-order valence-electron chi connectivity index (χ2n) is 7.80. The van der Waals surface area contributed by atoms with Gasteiger partial charge in [0.25, 0.3) is 5.91 Å². The molecule has 1 heterocycles. The number of ether oxygens (including phenoxy) is 2. The molecule has 7 heteroatoms. The van der Waals surface area contributed by atoms with E-state index in [1.165, 1.54) is 6.08 Å². The number of nitriles is 1. The van der Waals surface area contributed by atoms with Crippen LogP contribution in [-0.4, -0.2) is 36.2 Å². The fourth-order valence-corrected chi connectivity index (χ4v) is 3.57. The summed E-state index contributed by atoms with van der Waals surface area (Å²) in [6, 6.07) is 11.5. The molecule has 0 radical (unpaired) electrons. The molecule has 1 aromatic heterocycles. The molecule has 3 rings (SSSR count). The van der Waals surface area contributed by atoms with Crippen LogP contribution in [0.15, 0.2) is 35.9 Å². The smallest absolute Gasteiger partial charge is 0.349 e. The maximum absolute atomic E-state index is 12.3. The number of esters is 1. The number of methoxy groups -OCH3 is 1. The van der Waals surface area contributed by atoms with E-state index in [1.807, 2.05) is 61.7 Å². The third kappa shape index (κ3) is 5.34. The molecule has 31 heavy (non-hydrogen) atoms. The summed E-state index contributed by atoms with van der Waals surface area (Å²) in [5.41, 5.74) is 3.34. The van der Waals surface area contributed by atoms with Crippen LogP contribution >= 0.6 is 0 Å². The molecule has 1 fully saturated rings. The first-order valence-electron chi connectivity index (χ1n) is 10.3. The molecular formula is C24H27N3O4. The molecule has 1 saturated carbocycles. The summed E-state index contributed by atoms with van der Waals surface area (Å²) in [6.07, 6.45) is 3.71. The molecule has 0 aliphatic heterocycles. The van der Waals surface area contributed by atoms with Crippen molar-refractivity contribution < 1.29 is 19.1 Å². The molecule has 1 aromatic carbocycles. The van der Waals surface area contributed by atoms with Gasteiger partial charge in [-0.2, -0.15) is 5.26 Å². The number of aromatic nitrogens is 1. The van der Waals surface area contributed by atoms with Crippen LogP contribution in [0.5, 0.6) is 5.75 Å². The number of amides is 1. The zero-order valence-corrected chi connectivity index (χ0v) is 18.3. The lowest BCUT2D eigenvalue weighted by Crippen LogP contribution is -2.37. The fraction of sp³-hybridized carbons (Fsp3) is 0.375. The second-order valence-corrected chi connectivity index (χ2v) is 7.80. The highest BCUT2D eigenvalue weighted by atomic mass is 16.5. The van der Waals surface area contributed by atoms with Crippen LogP contribution in [0.25, 0.3) is 11.8 Å². The minimum absolute atomic E-state index is 0.0699. The van der Waals surface area contributed by atoms with Crippen molar-refractivity contribution in [3.05, 3.63) is 52.9 Å². The quantitative estimate of drug-likeness (QED) is 0.400. The van der Waals surface area contributed by atoms with Crippen molar-refractivity contribution >= 4 is 18.0 Å². The molecule has 0 saturated heterocycles. The van der Waals surface area contributed by atoms with E-state index >= 15 is 0 Å². The monoisotopic (exact) mass is 421 g/mol. The lowest BCUT2D eigenvalue weighted by Gasteiger charge is -2.12. The molecule has 1 aliphatic carbocycles. The van der Waals surface area contributed by atoms with E-state index in [-0.39, 0.29) is 17.5 Å². The van der Waals surface area contributed by atoms with E-state index in [0.717, 1.165) is 41.2 Å². The van der Waals surface area contributed by atoms with Crippen LogP contribution in [0.2, 0.25) is 0 Å². The molecule has 1 N–H and O–H groups in total. The van der Waals surface area contributed by atoms with Crippen molar-refractivity contribution in [3.63, 3.8) is 0 Å². The number of carbonyl (C=O) groups excluding carboxylic acids is 2. The van der Waals surface area contributed by atoms with Crippen molar-refractivity contribution in [3.8, 4) is 17.5 Å². The van der Waals surface area contributed by atoms with Gasteiger partial charge in [0.1, 0.15) is 17.4 Å². The van der Waals surface area contributed by atoms with Gasteiger partial charge in [-0.15, -0.1) is 0 Å². The Kier molecular flexibility index (Phi) is 6.81. The number of nitrogens with zero attached hydrogens (tertiary/aromatic N) is 2. The SMILES string of the molecule is COc1ccc(-n2c(C)cc(/C=C(\C#N)C(=O)OCC(=O)N[C@H](C)C3CC3)c2C)cc1. The Morgan fingerprint density at radius 1 is 1.29 bits per heavy atom. The third-order valence-corrected chi connectivity index (χ3v) is 5.49. The maximum Gasteiger partial charge on any atom is 0.349 e. The first kappa shape index (κ1) is 22.2. The van der Waals surface area contributed by atoms with Crippen LogP contribution in [0.3, 0.4) is 0 Å². The Bertz CT molecular complexity index is 1040. The molecule has 7 nitrogen and oxygen atoms in total. The minimum atomic E-state index is -0.814. The van der Waals surface area contributed by atoms with Gasteiger partial charge in [-0.1, -0.05) is 0 Å². The molecule has 0 bridgehead atoms. The van der Waals surface area contributed by atoms with Crippen LogP contribution in [0, 0.1) is 31.1 Å². The Balaban J connectivity index is 1.71. The predicted molar refractivity (Wildman–Crippen MR) is 117 cm³/mol. The largest absolute Gasteiger partial charge is 0.497 e. The molecule has 2 aromatic rings. The van der Waals surface area contributed by atoms with Gasteiger partial charge in [0.15, 0.2) is 6.61 Å². The van der Waals surface area contributed by atoms with Crippen LogP contribution in [-0.2, 0) is 14.3 Å². The van der Waals surface area contributed by atoms with Gasteiger partial charge in [0.05, 0.1) is 7.11 Å². The zero-order valence-electron chi connectivity index (χ0n) is 18.3. The summed E-state index contributed by atoms with van der Waals surface area (Å²) < 4.78 is 12.3. The second kappa shape index (κ2) is 9.52. The summed E-state index contributed by atoms with van der Waals surface area (Å²) in [5.74, 6) is 0.0975. The van der Waals surface area contributed by atoms with Crippen LogP contribution in [0.1, 0.15) is 36.7 Å². The number of hydrogen-bond donors (Lipinski definition) is 1. The fourth-order valence-electron chi connectivity index (χ4n) is 3.57. The third-order valence-electron chi connectivity index (χ3n) is 5.49. The van der Waals surface area contributed by atoms with E-state index in [4.69, 9.17) is 9.47 Å². The number of rotatable bonds is 8. The van der Waals surface area contributed by atoms with E-state index < -0.39 is 12.6 Å². The van der Waals surface area contributed by atoms with E-state index in [0.29, 0.717) is 5.92 Å². The molecule has 1 aliphatic rings. The molecular weight excluding hydrogens is 394 g/mol. The van der Waals surface area contributed by atoms with Gasteiger partial charge < -0.3 is 19.4 Å².